The number of rotatable bonds is 7. The highest BCUT2D eigenvalue weighted by Gasteiger charge is 2.08. The van der Waals surface area contributed by atoms with Gasteiger partial charge in [-0.05, 0) is 31.7 Å². The molecule has 21 heavy (non-hydrogen) atoms. The molecule has 0 aliphatic rings. The van der Waals surface area contributed by atoms with E-state index in [1.807, 2.05) is 56.0 Å². The Hall–Kier alpha value is -1.85. The van der Waals surface area contributed by atoms with Gasteiger partial charge in [0.15, 0.2) is 0 Å². The van der Waals surface area contributed by atoms with Gasteiger partial charge in [0.25, 0.3) is 0 Å². The third-order valence-corrected chi connectivity index (χ3v) is 3.66. The Morgan fingerprint density at radius 1 is 1.33 bits per heavy atom. The van der Waals surface area contributed by atoms with E-state index in [-0.39, 0.29) is 12.6 Å². The van der Waals surface area contributed by atoms with Crippen molar-refractivity contribution in [2.45, 2.75) is 26.1 Å². The quantitative estimate of drug-likeness (QED) is 0.844. The number of aromatic nitrogens is 2. The second-order valence-corrected chi connectivity index (χ2v) is 5.33. The smallest absolute Gasteiger partial charge is 0.146 e. The molecule has 1 aromatic carbocycles. The summed E-state index contributed by atoms with van der Waals surface area (Å²) in [5.74, 6) is 1.73. The number of ether oxygens (including phenoxy) is 1. The van der Waals surface area contributed by atoms with Gasteiger partial charge in [0, 0.05) is 32.0 Å². The van der Waals surface area contributed by atoms with Crippen molar-refractivity contribution in [2.75, 3.05) is 13.7 Å². The van der Waals surface area contributed by atoms with E-state index in [9.17, 15) is 0 Å². The maximum Gasteiger partial charge on any atom is 0.146 e. The molecule has 0 saturated heterocycles. The monoisotopic (exact) mass is 289 g/mol. The molecular weight excluding hydrogens is 266 g/mol. The molecule has 0 bridgehead atoms. The second-order valence-electron chi connectivity index (χ2n) is 5.33. The van der Waals surface area contributed by atoms with Gasteiger partial charge in [-0.3, -0.25) is 4.90 Å². The van der Waals surface area contributed by atoms with Crippen LogP contribution in [0.5, 0.6) is 5.75 Å². The summed E-state index contributed by atoms with van der Waals surface area (Å²) in [7, 11) is 3.96. The number of likely N-dealkylation sites (N-methyl/N-ethyl adjacent to an activating group) is 1. The topological polar surface area (TPSA) is 50.5 Å². The predicted molar refractivity (Wildman–Crippen MR) is 82.0 cm³/mol. The Morgan fingerprint density at radius 2 is 2.05 bits per heavy atom. The summed E-state index contributed by atoms with van der Waals surface area (Å²) in [5, 5.41) is 9.14. The number of nitrogens with zero attached hydrogens (tertiary/aromatic N) is 3. The summed E-state index contributed by atoms with van der Waals surface area (Å²) in [6, 6.07) is 8.19. The Bertz CT molecular complexity index is 551. The van der Waals surface area contributed by atoms with Gasteiger partial charge in [0.05, 0.1) is 6.61 Å². The molecule has 1 aromatic heterocycles. The standard InChI is InChI=1S/C16H23N3O2/c1-13(11-20)19(3)10-14-4-6-15(7-5-14)21-12-16-17-8-9-18(16)2/h4-9,13,20H,10-12H2,1-3H3. The van der Waals surface area contributed by atoms with Gasteiger partial charge >= 0.3 is 0 Å². The molecule has 0 saturated carbocycles. The lowest BCUT2D eigenvalue weighted by Gasteiger charge is -2.22. The molecule has 5 heteroatoms. The van der Waals surface area contributed by atoms with E-state index in [2.05, 4.69) is 9.88 Å². The number of hydrogen-bond donors (Lipinski definition) is 1. The Balaban J connectivity index is 1.88. The van der Waals surface area contributed by atoms with Crippen LogP contribution >= 0.6 is 0 Å². The van der Waals surface area contributed by atoms with Gasteiger partial charge in [0.2, 0.25) is 0 Å². The first-order chi connectivity index (χ1) is 10.1. The summed E-state index contributed by atoms with van der Waals surface area (Å²) >= 11 is 0. The summed E-state index contributed by atoms with van der Waals surface area (Å²) in [6.45, 7) is 3.44. The van der Waals surface area contributed by atoms with Gasteiger partial charge in [-0.2, -0.15) is 0 Å². The van der Waals surface area contributed by atoms with Crippen molar-refractivity contribution >= 4 is 0 Å². The molecule has 1 unspecified atom stereocenters. The fourth-order valence-electron chi connectivity index (χ4n) is 1.96. The van der Waals surface area contributed by atoms with Gasteiger partial charge in [-0.1, -0.05) is 12.1 Å². The van der Waals surface area contributed by atoms with Crippen molar-refractivity contribution < 1.29 is 9.84 Å². The maximum atomic E-state index is 9.14. The van der Waals surface area contributed by atoms with E-state index in [0.717, 1.165) is 18.1 Å². The van der Waals surface area contributed by atoms with Crippen molar-refractivity contribution in [2.24, 2.45) is 7.05 Å². The largest absolute Gasteiger partial charge is 0.486 e. The number of benzene rings is 1. The normalized spacial score (nSPS) is 12.6. The molecular formula is C16H23N3O2. The van der Waals surface area contributed by atoms with Gasteiger partial charge in [-0.25, -0.2) is 4.98 Å². The highest BCUT2D eigenvalue weighted by atomic mass is 16.5. The molecule has 2 aromatic rings. The fraction of sp³-hybridized carbons (Fsp3) is 0.438. The van der Waals surface area contributed by atoms with Crippen molar-refractivity contribution in [1.29, 1.82) is 0 Å². The van der Waals surface area contributed by atoms with Crippen molar-refractivity contribution in [1.82, 2.24) is 14.5 Å². The molecule has 0 aliphatic heterocycles. The van der Waals surface area contributed by atoms with E-state index in [1.54, 1.807) is 6.20 Å². The number of aliphatic hydroxyl groups is 1. The van der Waals surface area contributed by atoms with E-state index < -0.39 is 0 Å². The first-order valence-corrected chi connectivity index (χ1v) is 7.09. The summed E-state index contributed by atoms with van der Waals surface area (Å²) in [4.78, 5) is 6.34. The predicted octanol–water partition coefficient (Wildman–Crippen LogP) is 1.81. The number of aryl methyl sites for hydroxylation is 1. The summed E-state index contributed by atoms with van der Waals surface area (Å²) in [5.41, 5.74) is 1.20. The molecule has 0 spiro atoms. The Morgan fingerprint density at radius 3 is 2.62 bits per heavy atom. The summed E-state index contributed by atoms with van der Waals surface area (Å²) in [6.07, 6.45) is 3.67. The van der Waals surface area contributed by atoms with Crippen LogP contribution in [0.15, 0.2) is 36.7 Å². The van der Waals surface area contributed by atoms with Gasteiger partial charge in [-0.15, -0.1) is 0 Å². The van der Waals surface area contributed by atoms with Crippen LogP contribution in [-0.4, -0.2) is 39.3 Å². The Labute approximate surface area is 125 Å². The van der Waals surface area contributed by atoms with Crippen molar-refractivity contribution in [3.63, 3.8) is 0 Å². The van der Waals surface area contributed by atoms with Crippen LogP contribution in [0, 0.1) is 0 Å². The first kappa shape index (κ1) is 15.5. The molecule has 1 N–H and O–H groups in total. The van der Waals surface area contributed by atoms with Gasteiger partial charge in [0.1, 0.15) is 18.2 Å². The molecule has 1 atom stereocenters. The molecule has 114 valence electrons. The van der Waals surface area contributed by atoms with Crippen LogP contribution < -0.4 is 4.74 Å². The lowest BCUT2D eigenvalue weighted by molar-refractivity contribution is 0.154. The third-order valence-electron chi connectivity index (χ3n) is 3.66. The lowest BCUT2D eigenvalue weighted by Crippen LogP contribution is -2.31. The minimum absolute atomic E-state index is 0.157. The average molecular weight is 289 g/mol. The van der Waals surface area contributed by atoms with Crippen LogP contribution in [0.3, 0.4) is 0 Å². The average Bonchev–Trinajstić information content (AvgIpc) is 2.91. The minimum atomic E-state index is 0.157. The number of imidazole rings is 1. The highest BCUT2D eigenvalue weighted by molar-refractivity contribution is 5.27. The van der Waals surface area contributed by atoms with Crippen LogP contribution in [0.25, 0.3) is 0 Å². The minimum Gasteiger partial charge on any atom is -0.486 e. The third kappa shape index (κ3) is 4.31. The van der Waals surface area contributed by atoms with Gasteiger partial charge < -0.3 is 14.4 Å². The zero-order valence-electron chi connectivity index (χ0n) is 12.9. The van der Waals surface area contributed by atoms with Crippen LogP contribution in [0.2, 0.25) is 0 Å². The molecule has 0 fully saturated rings. The van der Waals surface area contributed by atoms with E-state index in [1.165, 1.54) is 5.56 Å². The molecule has 0 aliphatic carbocycles. The SMILES string of the molecule is CC(CO)N(C)Cc1ccc(OCc2nccn2C)cc1. The van der Waals surface area contributed by atoms with E-state index in [4.69, 9.17) is 9.84 Å². The molecule has 2 rings (SSSR count). The fourth-order valence-corrected chi connectivity index (χ4v) is 1.96. The van der Waals surface area contributed by atoms with Crippen molar-refractivity contribution in [3.05, 3.63) is 48.0 Å². The van der Waals surface area contributed by atoms with E-state index in [0.29, 0.717) is 6.61 Å². The second kappa shape index (κ2) is 7.24. The number of hydrogen-bond acceptors (Lipinski definition) is 4. The summed E-state index contributed by atoms with van der Waals surface area (Å²) < 4.78 is 7.67. The lowest BCUT2D eigenvalue weighted by atomic mass is 10.2. The van der Waals surface area contributed by atoms with Crippen LogP contribution in [-0.2, 0) is 20.2 Å². The molecule has 1 heterocycles. The first-order valence-electron chi connectivity index (χ1n) is 7.09. The Kier molecular flexibility index (Phi) is 5.36. The molecule has 5 nitrogen and oxygen atoms in total. The highest BCUT2D eigenvalue weighted by Crippen LogP contribution is 2.15. The number of aliphatic hydroxyl groups excluding tert-OH is 1. The zero-order chi connectivity index (χ0) is 15.2. The maximum absolute atomic E-state index is 9.14. The zero-order valence-corrected chi connectivity index (χ0v) is 12.9. The van der Waals surface area contributed by atoms with Crippen molar-refractivity contribution in [3.8, 4) is 5.75 Å². The van der Waals surface area contributed by atoms with E-state index >= 15 is 0 Å². The molecule has 0 amide bonds. The molecule has 0 radical (unpaired) electrons. The van der Waals surface area contributed by atoms with Crippen LogP contribution in [0.4, 0.5) is 0 Å². The van der Waals surface area contributed by atoms with Crippen LogP contribution in [0.1, 0.15) is 18.3 Å².